The first kappa shape index (κ1) is 36.2. The van der Waals surface area contributed by atoms with Crippen LogP contribution in [0, 0.1) is 0 Å². The zero-order chi connectivity index (χ0) is 34.9. The summed E-state index contributed by atoms with van der Waals surface area (Å²) in [6.07, 6.45) is 3.09. The van der Waals surface area contributed by atoms with E-state index in [4.69, 9.17) is 9.47 Å². The minimum Gasteiger partial charge on any atom is -0.508 e. The summed E-state index contributed by atoms with van der Waals surface area (Å²) < 4.78 is 15.9. The molecule has 0 bridgehead atoms. The van der Waals surface area contributed by atoms with Gasteiger partial charge in [-0.1, -0.05) is 63.7 Å². The summed E-state index contributed by atoms with van der Waals surface area (Å²) in [5, 5.41) is 9.52. The van der Waals surface area contributed by atoms with Gasteiger partial charge in [-0.15, -0.1) is 0 Å². The fraction of sp³-hybridized carbons (Fsp3) is 0.122. The Balaban J connectivity index is 0.000000178. The highest BCUT2D eigenvalue weighted by atomic mass is 79.9. The summed E-state index contributed by atoms with van der Waals surface area (Å²) in [6.45, 7) is 0.781. The van der Waals surface area contributed by atoms with E-state index in [9.17, 15) is 5.11 Å². The SMILES string of the molecule is Brc1ccc(N(c2ccc(Br)cc2)c2ccc(OC3CCCCO3)cc2)cc1.Oc1ccc(N(c2ccc(Br)cc2)c2ccc(Br)cc2)cc1. The lowest BCUT2D eigenvalue weighted by molar-refractivity contribution is -0.105. The number of nitrogens with zero attached hydrogens (tertiary/aromatic N) is 2. The molecule has 1 unspecified atom stereocenters. The lowest BCUT2D eigenvalue weighted by Gasteiger charge is -2.26. The maximum Gasteiger partial charge on any atom is 0.199 e. The van der Waals surface area contributed by atoms with Gasteiger partial charge in [0.25, 0.3) is 0 Å². The maximum absolute atomic E-state index is 9.52. The Hall–Kier alpha value is -3.60. The van der Waals surface area contributed by atoms with Crippen molar-refractivity contribution in [3.8, 4) is 11.5 Å². The standard InChI is InChI=1S/C23H21Br2NO2.C18H13Br2NO/c24-17-4-8-19(9-5-17)26(20-10-6-18(25)7-11-20)21-12-14-22(15-13-21)28-23-3-1-2-16-27-23;19-13-1-5-15(6-2-13)21(16-7-3-14(20)4-8-16)17-9-11-18(22)12-10-17/h4-15,23H,1-3,16H2;1-12,22H. The van der Waals surface area contributed by atoms with E-state index in [0.717, 1.165) is 83.6 Å². The molecule has 0 spiro atoms. The van der Waals surface area contributed by atoms with Crippen LogP contribution in [0.5, 0.6) is 11.5 Å². The minimum atomic E-state index is -0.131. The molecule has 1 fully saturated rings. The predicted molar refractivity (Wildman–Crippen MR) is 219 cm³/mol. The molecule has 50 heavy (non-hydrogen) atoms. The summed E-state index contributed by atoms with van der Waals surface area (Å²) in [4.78, 5) is 4.36. The van der Waals surface area contributed by atoms with Gasteiger partial charge in [-0.05, 0) is 158 Å². The van der Waals surface area contributed by atoms with Gasteiger partial charge in [0, 0.05) is 58.4 Å². The highest BCUT2D eigenvalue weighted by Crippen LogP contribution is 2.38. The quantitative estimate of drug-likeness (QED) is 0.165. The number of rotatable bonds is 8. The molecule has 0 amide bonds. The van der Waals surface area contributed by atoms with Crippen molar-refractivity contribution in [2.45, 2.75) is 25.6 Å². The van der Waals surface area contributed by atoms with Crippen LogP contribution in [-0.4, -0.2) is 18.0 Å². The Bertz CT molecular complexity index is 1780. The molecule has 1 N–H and O–H groups in total. The fourth-order valence-electron chi connectivity index (χ4n) is 5.49. The molecule has 6 aromatic carbocycles. The zero-order valence-electron chi connectivity index (χ0n) is 26.9. The van der Waals surface area contributed by atoms with Crippen LogP contribution < -0.4 is 14.5 Å². The topological polar surface area (TPSA) is 45.2 Å². The third-order valence-corrected chi connectivity index (χ3v) is 10.1. The molecule has 0 saturated carbocycles. The third kappa shape index (κ3) is 9.80. The van der Waals surface area contributed by atoms with Crippen LogP contribution in [-0.2, 0) is 4.74 Å². The van der Waals surface area contributed by atoms with Gasteiger partial charge in [0.05, 0.1) is 6.61 Å². The molecule has 9 heteroatoms. The van der Waals surface area contributed by atoms with Gasteiger partial charge in [-0.25, -0.2) is 0 Å². The maximum atomic E-state index is 9.52. The van der Waals surface area contributed by atoms with Crippen molar-refractivity contribution in [3.63, 3.8) is 0 Å². The highest BCUT2D eigenvalue weighted by Gasteiger charge is 2.17. The Kier molecular flexibility index (Phi) is 12.7. The highest BCUT2D eigenvalue weighted by molar-refractivity contribution is 9.11. The van der Waals surface area contributed by atoms with E-state index in [-0.39, 0.29) is 12.0 Å². The summed E-state index contributed by atoms with van der Waals surface area (Å²) in [5.74, 6) is 1.09. The summed E-state index contributed by atoms with van der Waals surface area (Å²) >= 11 is 14.0. The molecule has 1 aliphatic heterocycles. The van der Waals surface area contributed by atoms with Crippen LogP contribution in [0.1, 0.15) is 19.3 Å². The number of phenolic OH excluding ortho intramolecular Hbond substituents is 1. The van der Waals surface area contributed by atoms with Crippen molar-refractivity contribution in [1.29, 1.82) is 0 Å². The number of hydrogen-bond donors (Lipinski definition) is 1. The first-order valence-electron chi connectivity index (χ1n) is 16.1. The van der Waals surface area contributed by atoms with Gasteiger partial charge in [0.15, 0.2) is 6.29 Å². The van der Waals surface area contributed by atoms with Gasteiger partial charge < -0.3 is 24.4 Å². The average molecular weight is 922 g/mol. The van der Waals surface area contributed by atoms with Crippen molar-refractivity contribution >= 4 is 97.8 Å². The van der Waals surface area contributed by atoms with Crippen LogP contribution in [0.4, 0.5) is 34.1 Å². The molecule has 1 heterocycles. The van der Waals surface area contributed by atoms with Gasteiger partial charge in [-0.3, -0.25) is 0 Å². The second-order valence-corrected chi connectivity index (χ2v) is 15.2. The van der Waals surface area contributed by atoms with Crippen molar-refractivity contribution in [3.05, 3.63) is 163 Å². The van der Waals surface area contributed by atoms with Gasteiger partial charge in [0.2, 0.25) is 0 Å². The number of aromatic hydroxyl groups is 1. The van der Waals surface area contributed by atoms with Gasteiger partial charge in [0.1, 0.15) is 11.5 Å². The molecule has 7 rings (SSSR count). The third-order valence-electron chi connectivity index (χ3n) is 7.95. The Labute approximate surface area is 327 Å². The van der Waals surface area contributed by atoms with E-state index in [2.05, 4.69) is 158 Å². The predicted octanol–water partition coefficient (Wildman–Crippen LogP) is 14.0. The van der Waals surface area contributed by atoms with Crippen LogP contribution in [0.3, 0.4) is 0 Å². The number of phenols is 1. The molecular formula is C41H34Br4N2O3. The largest absolute Gasteiger partial charge is 0.508 e. The molecule has 254 valence electrons. The smallest absolute Gasteiger partial charge is 0.199 e. The second kappa shape index (κ2) is 17.6. The first-order chi connectivity index (χ1) is 24.3. The van der Waals surface area contributed by atoms with Crippen molar-refractivity contribution < 1.29 is 14.6 Å². The molecule has 1 saturated heterocycles. The average Bonchev–Trinajstić information content (AvgIpc) is 3.14. The van der Waals surface area contributed by atoms with E-state index in [1.165, 1.54) is 0 Å². The number of benzene rings is 6. The first-order valence-corrected chi connectivity index (χ1v) is 19.3. The van der Waals surface area contributed by atoms with Crippen molar-refractivity contribution in [1.82, 2.24) is 0 Å². The normalized spacial score (nSPS) is 13.9. The number of halogens is 4. The van der Waals surface area contributed by atoms with E-state index in [1.807, 2.05) is 48.5 Å². The number of ether oxygens (including phenoxy) is 2. The van der Waals surface area contributed by atoms with E-state index < -0.39 is 0 Å². The Morgan fingerprint density at radius 3 is 1.10 bits per heavy atom. The molecule has 0 radical (unpaired) electrons. The summed E-state index contributed by atoms with van der Waals surface area (Å²) in [6, 6.07) is 48.3. The minimum absolute atomic E-state index is 0.131. The lowest BCUT2D eigenvalue weighted by Crippen LogP contribution is -2.24. The van der Waals surface area contributed by atoms with E-state index >= 15 is 0 Å². The fourth-order valence-corrected chi connectivity index (χ4v) is 6.54. The van der Waals surface area contributed by atoms with Crippen LogP contribution in [0.15, 0.2) is 163 Å². The molecule has 0 aliphatic carbocycles. The molecule has 6 aromatic rings. The number of hydrogen-bond acceptors (Lipinski definition) is 5. The lowest BCUT2D eigenvalue weighted by atomic mass is 10.2. The second-order valence-electron chi connectivity index (χ2n) is 11.5. The monoisotopic (exact) mass is 918 g/mol. The molecular weight excluding hydrogens is 888 g/mol. The summed E-state index contributed by atoms with van der Waals surface area (Å²) in [5.41, 5.74) is 6.35. The molecule has 0 aromatic heterocycles. The van der Waals surface area contributed by atoms with Crippen molar-refractivity contribution in [2.24, 2.45) is 0 Å². The van der Waals surface area contributed by atoms with Gasteiger partial charge >= 0.3 is 0 Å². The summed E-state index contributed by atoms with van der Waals surface area (Å²) in [7, 11) is 0. The van der Waals surface area contributed by atoms with Crippen LogP contribution >= 0.6 is 63.7 Å². The Morgan fingerprint density at radius 1 is 0.460 bits per heavy atom. The Morgan fingerprint density at radius 2 is 0.780 bits per heavy atom. The van der Waals surface area contributed by atoms with Gasteiger partial charge in [-0.2, -0.15) is 0 Å². The van der Waals surface area contributed by atoms with Crippen LogP contribution in [0.2, 0.25) is 0 Å². The molecule has 5 nitrogen and oxygen atoms in total. The van der Waals surface area contributed by atoms with Crippen LogP contribution in [0.25, 0.3) is 0 Å². The molecule has 1 atom stereocenters. The van der Waals surface area contributed by atoms with E-state index in [1.54, 1.807) is 12.1 Å². The molecule has 1 aliphatic rings. The zero-order valence-corrected chi connectivity index (χ0v) is 33.3. The van der Waals surface area contributed by atoms with Crippen molar-refractivity contribution in [2.75, 3.05) is 16.4 Å². The van der Waals surface area contributed by atoms with E-state index in [0.29, 0.717) is 0 Å². The number of anilines is 6.